The highest BCUT2D eigenvalue weighted by Crippen LogP contribution is 2.34. The number of amides is 1. The number of hydrogen-bond acceptors (Lipinski definition) is 4. The van der Waals surface area contributed by atoms with Gasteiger partial charge in [-0.1, -0.05) is 35.5 Å². The monoisotopic (exact) mass is 446 g/mol. The molecule has 1 amide bonds. The van der Waals surface area contributed by atoms with Gasteiger partial charge in [0.15, 0.2) is 10.8 Å². The third-order valence-corrected chi connectivity index (χ3v) is 5.47. The predicted octanol–water partition coefficient (Wildman–Crippen LogP) is 4.90. The summed E-state index contributed by atoms with van der Waals surface area (Å²) in [5.74, 6) is -0.742. The Morgan fingerprint density at radius 3 is 2.48 bits per heavy atom. The van der Waals surface area contributed by atoms with Crippen molar-refractivity contribution in [2.24, 2.45) is 0 Å². The molecule has 3 rings (SSSR count). The zero-order chi connectivity index (χ0) is 21.3. The average Bonchev–Trinajstić information content (AvgIpc) is 3.05. The molecule has 2 heterocycles. The first-order chi connectivity index (χ1) is 13.6. The van der Waals surface area contributed by atoms with E-state index < -0.39 is 17.0 Å². The Kier molecular flexibility index (Phi) is 6.04. The Bertz CT molecular complexity index is 1040. The lowest BCUT2D eigenvalue weighted by atomic mass is 10.1. The molecule has 0 fully saturated rings. The number of carbonyl (C=O) groups excluding carboxylic acids is 1. The van der Waals surface area contributed by atoms with Crippen molar-refractivity contribution in [3.05, 3.63) is 58.5 Å². The van der Waals surface area contributed by atoms with E-state index in [9.17, 15) is 22.4 Å². The summed E-state index contributed by atoms with van der Waals surface area (Å²) in [7, 11) is 0. The van der Waals surface area contributed by atoms with Gasteiger partial charge in [0.25, 0.3) is 0 Å². The number of nitrogens with one attached hydrogen (secondary N) is 1. The molecule has 0 radical (unpaired) electrons. The van der Waals surface area contributed by atoms with Crippen LogP contribution in [-0.4, -0.2) is 25.8 Å². The van der Waals surface area contributed by atoms with Gasteiger partial charge in [-0.15, -0.1) is 10.2 Å². The van der Waals surface area contributed by atoms with Gasteiger partial charge < -0.3 is 5.32 Å². The van der Waals surface area contributed by atoms with Crippen LogP contribution in [-0.2, 0) is 11.0 Å². The number of benzene rings is 1. The van der Waals surface area contributed by atoms with E-state index >= 15 is 0 Å². The second kappa shape index (κ2) is 8.19. The number of aromatic nitrogens is 3. The standard InChI is InChI=1S/C18H15ClF4N4OS/c1-9(11-3-5-13(20)6-4-11)24-16(28)10(2)29-17-26-25-15-14(19)7-12(8-27(15)17)18(21,22)23/h3-10H,1-2H3,(H,24,28)/t9-,10-/m1/s1. The molecule has 11 heteroatoms. The molecular weight excluding hydrogens is 432 g/mol. The minimum atomic E-state index is -4.59. The summed E-state index contributed by atoms with van der Waals surface area (Å²) in [6.45, 7) is 3.33. The van der Waals surface area contributed by atoms with Gasteiger partial charge in [-0.25, -0.2) is 4.39 Å². The molecule has 0 unspecified atom stereocenters. The molecule has 0 saturated heterocycles. The summed E-state index contributed by atoms with van der Waals surface area (Å²) in [5, 5.41) is 9.65. The van der Waals surface area contributed by atoms with Gasteiger partial charge in [0, 0.05) is 6.20 Å². The number of pyridine rings is 1. The van der Waals surface area contributed by atoms with Crippen molar-refractivity contribution in [2.75, 3.05) is 0 Å². The molecule has 2 atom stereocenters. The van der Waals surface area contributed by atoms with E-state index in [4.69, 9.17) is 11.6 Å². The smallest absolute Gasteiger partial charge is 0.349 e. The molecule has 2 aromatic heterocycles. The number of hydrogen-bond donors (Lipinski definition) is 1. The highest BCUT2D eigenvalue weighted by Gasteiger charge is 2.32. The summed E-state index contributed by atoms with van der Waals surface area (Å²) in [6, 6.07) is 6.10. The van der Waals surface area contributed by atoms with Gasteiger partial charge in [-0.2, -0.15) is 13.2 Å². The quantitative estimate of drug-likeness (QED) is 0.447. The Morgan fingerprint density at radius 1 is 1.21 bits per heavy atom. The van der Waals surface area contributed by atoms with Crippen LogP contribution in [0.1, 0.15) is 31.0 Å². The van der Waals surface area contributed by atoms with Crippen LogP contribution in [0.2, 0.25) is 5.02 Å². The molecule has 5 nitrogen and oxygen atoms in total. The van der Waals surface area contributed by atoms with Gasteiger partial charge in [0.1, 0.15) is 5.82 Å². The molecule has 0 aliphatic carbocycles. The molecule has 3 aromatic rings. The van der Waals surface area contributed by atoms with Gasteiger partial charge in [-0.3, -0.25) is 9.20 Å². The largest absolute Gasteiger partial charge is 0.417 e. The SMILES string of the molecule is C[C@@H](Sc1nnc2c(Cl)cc(C(F)(F)F)cn12)C(=O)N[C@H](C)c1ccc(F)cc1. The lowest BCUT2D eigenvalue weighted by Crippen LogP contribution is -2.33. The first-order valence-electron chi connectivity index (χ1n) is 8.40. The van der Waals surface area contributed by atoms with Crippen molar-refractivity contribution >= 4 is 34.9 Å². The Morgan fingerprint density at radius 2 is 1.86 bits per heavy atom. The zero-order valence-electron chi connectivity index (χ0n) is 15.2. The van der Waals surface area contributed by atoms with Crippen LogP contribution in [0.4, 0.5) is 17.6 Å². The molecule has 0 saturated carbocycles. The lowest BCUT2D eigenvalue weighted by molar-refractivity contribution is -0.137. The topological polar surface area (TPSA) is 59.3 Å². The normalized spacial score (nSPS) is 14.0. The molecule has 29 heavy (non-hydrogen) atoms. The van der Waals surface area contributed by atoms with Crippen LogP contribution in [0.3, 0.4) is 0 Å². The fourth-order valence-corrected chi connectivity index (χ4v) is 3.62. The van der Waals surface area contributed by atoms with Crippen molar-refractivity contribution in [2.45, 2.75) is 36.5 Å². The summed E-state index contributed by atoms with van der Waals surface area (Å²) in [5.41, 5.74) is -0.167. The highest BCUT2D eigenvalue weighted by molar-refractivity contribution is 8.00. The minimum absolute atomic E-state index is 0.0643. The van der Waals surface area contributed by atoms with Crippen LogP contribution in [0.25, 0.3) is 5.65 Å². The fraction of sp³-hybridized carbons (Fsp3) is 0.278. The van der Waals surface area contributed by atoms with Crippen LogP contribution in [0.5, 0.6) is 0 Å². The number of halogens is 5. The zero-order valence-corrected chi connectivity index (χ0v) is 16.7. The molecule has 0 spiro atoms. The van der Waals surface area contributed by atoms with Crippen LogP contribution < -0.4 is 5.32 Å². The van der Waals surface area contributed by atoms with Crippen molar-refractivity contribution < 1.29 is 22.4 Å². The Labute approximate surface area is 172 Å². The summed E-state index contributed by atoms with van der Waals surface area (Å²) < 4.78 is 53.3. The lowest BCUT2D eigenvalue weighted by Gasteiger charge is -2.17. The van der Waals surface area contributed by atoms with E-state index in [1.807, 2.05) is 0 Å². The van der Waals surface area contributed by atoms with Crippen LogP contribution >= 0.6 is 23.4 Å². The fourth-order valence-electron chi connectivity index (χ4n) is 2.55. The molecular formula is C18H15ClF4N4OS. The second-order valence-corrected chi connectivity index (χ2v) is 8.01. The second-order valence-electron chi connectivity index (χ2n) is 6.29. The van der Waals surface area contributed by atoms with Crippen molar-refractivity contribution in [3.63, 3.8) is 0 Å². The first-order valence-corrected chi connectivity index (χ1v) is 9.66. The molecule has 1 aromatic carbocycles. The van der Waals surface area contributed by atoms with E-state index in [0.717, 1.165) is 28.4 Å². The van der Waals surface area contributed by atoms with Gasteiger partial charge in [0.05, 0.1) is 21.9 Å². The third kappa shape index (κ3) is 4.81. The Balaban J connectivity index is 1.76. The molecule has 0 aliphatic rings. The molecule has 0 aliphatic heterocycles. The van der Waals surface area contributed by atoms with E-state index in [1.165, 1.54) is 12.1 Å². The summed E-state index contributed by atoms with van der Waals surface area (Å²) in [6.07, 6.45) is -3.74. The van der Waals surface area contributed by atoms with Gasteiger partial charge in [-0.05, 0) is 37.6 Å². The number of alkyl halides is 3. The Hall–Kier alpha value is -2.33. The summed E-state index contributed by atoms with van der Waals surface area (Å²) in [4.78, 5) is 12.5. The predicted molar refractivity (Wildman–Crippen MR) is 101 cm³/mol. The van der Waals surface area contributed by atoms with E-state index in [-0.39, 0.29) is 33.6 Å². The maximum atomic E-state index is 13.0. The van der Waals surface area contributed by atoms with Gasteiger partial charge >= 0.3 is 6.18 Å². The van der Waals surface area contributed by atoms with E-state index in [0.29, 0.717) is 5.56 Å². The average molecular weight is 447 g/mol. The number of thioether (sulfide) groups is 1. The highest BCUT2D eigenvalue weighted by atomic mass is 35.5. The number of fused-ring (bicyclic) bond motifs is 1. The first kappa shape index (κ1) is 21.4. The minimum Gasteiger partial charge on any atom is -0.349 e. The third-order valence-electron chi connectivity index (χ3n) is 4.14. The van der Waals surface area contributed by atoms with E-state index in [1.54, 1.807) is 26.0 Å². The number of carbonyl (C=O) groups is 1. The number of rotatable bonds is 5. The van der Waals surface area contributed by atoms with Crippen molar-refractivity contribution in [3.8, 4) is 0 Å². The molecule has 1 N–H and O–H groups in total. The van der Waals surface area contributed by atoms with Crippen LogP contribution in [0, 0.1) is 5.82 Å². The molecule has 154 valence electrons. The van der Waals surface area contributed by atoms with Gasteiger partial charge in [0.2, 0.25) is 5.91 Å². The van der Waals surface area contributed by atoms with Crippen molar-refractivity contribution in [1.82, 2.24) is 19.9 Å². The summed E-state index contributed by atoms with van der Waals surface area (Å²) >= 11 is 6.84. The maximum absolute atomic E-state index is 13.0. The molecule has 0 bridgehead atoms. The van der Waals surface area contributed by atoms with E-state index in [2.05, 4.69) is 15.5 Å². The van der Waals surface area contributed by atoms with Crippen molar-refractivity contribution in [1.29, 1.82) is 0 Å². The van der Waals surface area contributed by atoms with Crippen LogP contribution in [0.15, 0.2) is 41.7 Å². The number of nitrogens with zero attached hydrogens (tertiary/aromatic N) is 3. The maximum Gasteiger partial charge on any atom is 0.417 e.